The van der Waals surface area contributed by atoms with Crippen LogP contribution in [0.15, 0.2) is 64.7 Å². The largest absolute Gasteiger partial charge is 0.493 e. The minimum Gasteiger partial charge on any atom is -0.493 e. The lowest BCUT2D eigenvalue weighted by molar-refractivity contribution is 0.219. The molecular formula is C20H28IN3O3. The SMILES string of the molecule is C=CCNC(=NCC(C)Oc1ccccc1OC)NCCc1ccco1.I. The van der Waals surface area contributed by atoms with E-state index >= 15 is 0 Å². The summed E-state index contributed by atoms with van der Waals surface area (Å²) in [6.45, 7) is 7.56. The van der Waals surface area contributed by atoms with Crippen molar-refractivity contribution in [3.63, 3.8) is 0 Å². The van der Waals surface area contributed by atoms with Crippen molar-refractivity contribution in [3.8, 4) is 11.5 Å². The molecule has 0 aliphatic rings. The third kappa shape index (κ3) is 8.38. The first-order valence-electron chi connectivity index (χ1n) is 8.68. The summed E-state index contributed by atoms with van der Waals surface area (Å²) in [6, 6.07) is 11.4. The molecule has 2 N–H and O–H groups in total. The van der Waals surface area contributed by atoms with E-state index in [9.17, 15) is 0 Å². The molecule has 0 aliphatic heterocycles. The number of aliphatic imine (C=N–C) groups is 1. The Hall–Kier alpha value is -2.16. The van der Waals surface area contributed by atoms with Crippen molar-refractivity contribution in [3.05, 3.63) is 61.1 Å². The van der Waals surface area contributed by atoms with Crippen molar-refractivity contribution in [1.82, 2.24) is 10.6 Å². The Morgan fingerprint density at radius 1 is 1.22 bits per heavy atom. The summed E-state index contributed by atoms with van der Waals surface area (Å²) < 4.78 is 16.6. The molecule has 0 bridgehead atoms. The molecule has 0 saturated carbocycles. The molecule has 27 heavy (non-hydrogen) atoms. The normalized spacial score (nSPS) is 11.9. The molecule has 0 amide bonds. The summed E-state index contributed by atoms with van der Waals surface area (Å²) >= 11 is 0. The van der Waals surface area contributed by atoms with Gasteiger partial charge in [0.2, 0.25) is 0 Å². The molecule has 6 nitrogen and oxygen atoms in total. The van der Waals surface area contributed by atoms with Gasteiger partial charge in [0.25, 0.3) is 0 Å². The zero-order valence-corrected chi connectivity index (χ0v) is 18.1. The van der Waals surface area contributed by atoms with Crippen molar-refractivity contribution in [1.29, 1.82) is 0 Å². The van der Waals surface area contributed by atoms with Crippen molar-refractivity contribution in [2.45, 2.75) is 19.4 Å². The zero-order chi connectivity index (χ0) is 18.6. The molecule has 0 fully saturated rings. The van der Waals surface area contributed by atoms with Gasteiger partial charge in [0, 0.05) is 19.5 Å². The van der Waals surface area contributed by atoms with Gasteiger partial charge in [-0.15, -0.1) is 30.6 Å². The van der Waals surface area contributed by atoms with E-state index in [1.54, 1.807) is 19.4 Å². The molecule has 2 rings (SSSR count). The molecule has 1 aromatic heterocycles. The Labute approximate surface area is 178 Å². The molecular weight excluding hydrogens is 457 g/mol. The zero-order valence-electron chi connectivity index (χ0n) is 15.8. The number of benzene rings is 1. The Kier molecular flexibility index (Phi) is 11.1. The second kappa shape index (κ2) is 13.1. The number of nitrogens with zero attached hydrogens (tertiary/aromatic N) is 1. The van der Waals surface area contributed by atoms with Crippen molar-refractivity contribution >= 4 is 29.9 Å². The summed E-state index contributed by atoms with van der Waals surface area (Å²) in [4.78, 5) is 4.58. The maximum absolute atomic E-state index is 5.93. The minimum atomic E-state index is -0.0984. The van der Waals surface area contributed by atoms with E-state index in [0.717, 1.165) is 18.7 Å². The summed E-state index contributed by atoms with van der Waals surface area (Å²) in [5.74, 6) is 3.08. The van der Waals surface area contributed by atoms with E-state index in [2.05, 4.69) is 22.2 Å². The van der Waals surface area contributed by atoms with Gasteiger partial charge in [-0.3, -0.25) is 0 Å². The molecule has 0 saturated heterocycles. The van der Waals surface area contributed by atoms with E-state index in [0.29, 0.717) is 30.5 Å². The third-order valence-corrected chi connectivity index (χ3v) is 3.56. The first-order chi connectivity index (χ1) is 12.7. The Bertz CT molecular complexity index is 690. The maximum Gasteiger partial charge on any atom is 0.191 e. The number of nitrogens with one attached hydrogen (secondary N) is 2. The smallest absolute Gasteiger partial charge is 0.191 e. The number of hydrogen-bond donors (Lipinski definition) is 2. The molecule has 7 heteroatoms. The summed E-state index contributed by atoms with van der Waals surface area (Å²) in [5, 5.41) is 6.49. The van der Waals surface area contributed by atoms with Gasteiger partial charge in [0.05, 0.1) is 19.9 Å². The number of ether oxygens (including phenoxy) is 2. The van der Waals surface area contributed by atoms with Gasteiger partial charge in [0.15, 0.2) is 17.5 Å². The number of methoxy groups -OCH3 is 1. The quantitative estimate of drug-likeness (QED) is 0.233. The summed E-state index contributed by atoms with van der Waals surface area (Å²) in [6.07, 6.45) is 4.16. The van der Waals surface area contributed by atoms with E-state index in [4.69, 9.17) is 13.9 Å². The molecule has 1 aromatic carbocycles. The van der Waals surface area contributed by atoms with Crippen LogP contribution in [0, 0.1) is 0 Å². The van der Waals surface area contributed by atoms with Crippen LogP contribution in [-0.4, -0.2) is 38.8 Å². The minimum absolute atomic E-state index is 0. The van der Waals surface area contributed by atoms with Gasteiger partial charge < -0.3 is 24.5 Å². The molecule has 1 unspecified atom stereocenters. The van der Waals surface area contributed by atoms with Crippen LogP contribution in [0.4, 0.5) is 0 Å². The lowest BCUT2D eigenvalue weighted by Gasteiger charge is -2.16. The van der Waals surface area contributed by atoms with E-state index in [-0.39, 0.29) is 30.1 Å². The average molecular weight is 485 g/mol. The Morgan fingerprint density at radius 2 is 2.00 bits per heavy atom. The van der Waals surface area contributed by atoms with Crippen molar-refractivity contribution in [2.75, 3.05) is 26.7 Å². The van der Waals surface area contributed by atoms with Crippen LogP contribution in [0.5, 0.6) is 11.5 Å². The highest BCUT2D eigenvalue weighted by molar-refractivity contribution is 14.0. The molecule has 2 aromatic rings. The Balaban J connectivity index is 0.00000364. The fourth-order valence-electron chi connectivity index (χ4n) is 2.29. The summed E-state index contributed by atoms with van der Waals surface area (Å²) in [7, 11) is 1.63. The van der Waals surface area contributed by atoms with Crippen LogP contribution in [0.1, 0.15) is 12.7 Å². The van der Waals surface area contributed by atoms with Crippen LogP contribution < -0.4 is 20.1 Å². The standard InChI is InChI=1S/C20H27N3O3.HI/c1-4-12-21-20(22-13-11-17-8-7-14-25-17)23-15-16(2)26-19-10-6-5-9-18(19)24-3;/h4-10,14,16H,1,11-13,15H2,2-3H3,(H2,21,22,23);1H. The molecule has 1 atom stereocenters. The van der Waals surface area contributed by atoms with Gasteiger partial charge in [-0.05, 0) is 31.2 Å². The first kappa shape index (κ1) is 22.9. The lowest BCUT2D eigenvalue weighted by atomic mass is 10.3. The van der Waals surface area contributed by atoms with Gasteiger partial charge >= 0.3 is 0 Å². The molecule has 1 heterocycles. The van der Waals surface area contributed by atoms with Crippen LogP contribution in [-0.2, 0) is 6.42 Å². The van der Waals surface area contributed by atoms with Crippen LogP contribution in [0.25, 0.3) is 0 Å². The van der Waals surface area contributed by atoms with E-state index in [1.165, 1.54) is 0 Å². The van der Waals surface area contributed by atoms with Crippen molar-refractivity contribution in [2.24, 2.45) is 4.99 Å². The molecule has 148 valence electrons. The highest BCUT2D eigenvalue weighted by atomic mass is 127. The fraction of sp³-hybridized carbons (Fsp3) is 0.350. The number of hydrogen-bond acceptors (Lipinski definition) is 4. The number of furan rings is 1. The molecule has 0 spiro atoms. The molecule has 0 aliphatic carbocycles. The number of guanidine groups is 1. The topological polar surface area (TPSA) is 68.0 Å². The lowest BCUT2D eigenvalue weighted by Crippen LogP contribution is -2.39. The number of para-hydroxylation sites is 2. The average Bonchev–Trinajstić information content (AvgIpc) is 3.17. The predicted octanol–water partition coefficient (Wildman–Crippen LogP) is 3.64. The van der Waals surface area contributed by atoms with Crippen LogP contribution in [0.2, 0.25) is 0 Å². The fourth-order valence-corrected chi connectivity index (χ4v) is 2.29. The second-order valence-corrected chi connectivity index (χ2v) is 5.69. The van der Waals surface area contributed by atoms with E-state index in [1.807, 2.05) is 43.3 Å². The highest BCUT2D eigenvalue weighted by Gasteiger charge is 2.08. The van der Waals surface area contributed by atoms with Gasteiger partial charge in [-0.2, -0.15) is 0 Å². The first-order valence-corrected chi connectivity index (χ1v) is 8.68. The van der Waals surface area contributed by atoms with E-state index < -0.39 is 0 Å². The van der Waals surface area contributed by atoms with Gasteiger partial charge in [0.1, 0.15) is 11.9 Å². The van der Waals surface area contributed by atoms with Gasteiger partial charge in [-0.1, -0.05) is 18.2 Å². The monoisotopic (exact) mass is 485 g/mol. The van der Waals surface area contributed by atoms with Crippen molar-refractivity contribution < 1.29 is 13.9 Å². The summed E-state index contributed by atoms with van der Waals surface area (Å²) in [5.41, 5.74) is 0. The number of halogens is 1. The van der Waals surface area contributed by atoms with Gasteiger partial charge in [-0.25, -0.2) is 4.99 Å². The Morgan fingerprint density at radius 3 is 2.67 bits per heavy atom. The molecule has 0 radical (unpaired) electrons. The highest BCUT2D eigenvalue weighted by Crippen LogP contribution is 2.26. The van der Waals surface area contributed by atoms with Crippen LogP contribution in [0.3, 0.4) is 0 Å². The predicted molar refractivity (Wildman–Crippen MR) is 119 cm³/mol. The third-order valence-electron chi connectivity index (χ3n) is 3.56. The van der Waals surface area contributed by atoms with Crippen LogP contribution >= 0.6 is 24.0 Å². The number of rotatable bonds is 10. The second-order valence-electron chi connectivity index (χ2n) is 5.69. The maximum atomic E-state index is 5.93.